The smallest absolute Gasteiger partial charge is 0.145 e. The summed E-state index contributed by atoms with van der Waals surface area (Å²) in [6.45, 7) is 0. The molecule has 226 valence electrons. The van der Waals surface area contributed by atoms with Crippen molar-refractivity contribution >= 4 is 65.6 Å². The summed E-state index contributed by atoms with van der Waals surface area (Å²) in [4.78, 5) is 0. The fraction of sp³-hybridized carbons (Fsp3) is 0. The first kappa shape index (κ1) is 27.1. The Labute approximate surface area is 280 Å². The molecule has 10 aromatic rings. The molecule has 7 aromatic carbocycles. The highest BCUT2D eigenvalue weighted by Crippen LogP contribution is 2.42. The molecule has 0 amide bonds. The van der Waals surface area contributed by atoms with Crippen LogP contribution < -0.4 is 0 Å². The first-order chi connectivity index (χ1) is 24.2. The number of para-hydroxylation sites is 4. The molecule has 5 heteroatoms. The van der Waals surface area contributed by atoms with Crippen LogP contribution in [0.25, 0.3) is 88.1 Å². The Morgan fingerprint density at radius 2 is 0.939 bits per heavy atom. The minimum Gasteiger partial charge on any atom is -0.455 e. The average Bonchev–Trinajstić information content (AvgIpc) is 3.82. The predicted molar refractivity (Wildman–Crippen MR) is 197 cm³/mol. The quantitative estimate of drug-likeness (QED) is 0.196. The van der Waals surface area contributed by atoms with Crippen LogP contribution in [-0.2, 0) is 0 Å². The lowest BCUT2D eigenvalue weighted by Crippen LogP contribution is -2.00. The molecule has 0 aliphatic carbocycles. The molecule has 3 aromatic heterocycles. The highest BCUT2D eigenvalue weighted by atomic mass is 16.3. The standard InChI is InChI=1S/C44H24N4O/c45-25-27-19-28(26-46)21-29(20-27)30-22-31(47-38-13-5-1-9-33(38)34-10-2-6-14-39(34)47)24-32(23-30)48-40-15-7-3-12-37(40)43-41(48)18-17-36-35-11-4-8-16-42(35)49-44(36)43/h1-24H. The molecule has 0 radical (unpaired) electrons. The number of fused-ring (bicyclic) bond motifs is 10. The molecule has 10 rings (SSSR count). The molecule has 3 heterocycles. The maximum Gasteiger partial charge on any atom is 0.145 e. The summed E-state index contributed by atoms with van der Waals surface area (Å²) in [5, 5.41) is 26.4. The summed E-state index contributed by atoms with van der Waals surface area (Å²) < 4.78 is 11.2. The van der Waals surface area contributed by atoms with Crippen molar-refractivity contribution in [2.75, 3.05) is 0 Å². The van der Waals surface area contributed by atoms with E-state index in [1.807, 2.05) is 30.3 Å². The van der Waals surface area contributed by atoms with E-state index in [2.05, 4.69) is 130 Å². The third-order valence-electron chi connectivity index (χ3n) is 9.70. The minimum atomic E-state index is 0.446. The van der Waals surface area contributed by atoms with Crippen LogP contribution >= 0.6 is 0 Å². The Balaban J connectivity index is 1.35. The third kappa shape index (κ3) is 3.91. The second-order valence-corrected chi connectivity index (χ2v) is 12.4. The SMILES string of the molecule is N#Cc1cc(C#N)cc(-c2cc(-n3c4ccccc4c4ccccc43)cc(-n3c4ccccc4c4c5oc6ccccc6c5ccc43)c2)c1. The number of aromatic nitrogens is 2. The van der Waals surface area contributed by atoms with Crippen LogP contribution in [0.5, 0.6) is 0 Å². The lowest BCUT2D eigenvalue weighted by atomic mass is 9.99. The van der Waals surface area contributed by atoms with Crippen LogP contribution in [0.3, 0.4) is 0 Å². The van der Waals surface area contributed by atoms with Gasteiger partial charge in [0.15, 0.2) is 0 Å². The number of hydrogen-bond donors (Lipinski definition) is 0. The van der Waals surface area contributed by atoms with Gasteiger partial charge in [0, 0.05) is 38.3 Å². The van der Waals surface area contributed by atoms with Gasteiger partial charge >= 0.3 is 0 Å². The molecule has 0 fully saturated rings. The molecular weight excluding hydrogens is 601 g/mol. The number of nitrogens with zero attached hydrogens (tertiary/aromatic N) is 4. The van der Waals surface area contributed by atoms with Gasteiger partial charge in [0.25, 0.3) is 0 Å². The average molecular weight is 625 g/mol. The summed E-state index contributed by atoms with van der Waals surface area (Å²) >= 11 is 0. The Kier molecular flexibility index (Phi) is 5.64. The molecule has 0 saturated carbocycles. The topological polar surface area (TPSA) is 70.6 Å². The van der Waals surface area contributed by atoms with Crippen molar-refractivity contribution in [3.05, 3.63) is 157 Å². The lowest BCUT2D eigenvalue weighted by Gasteiger charge is -2.16. The summed E-state index contributed by atoms with van der Waals surface area (Å²) in [7, 11) is 0. The fourth-order valence-electron chi connectivity index (χ4n) is 7.66. The summed E-state index contributed by atoms with van der Waals surface area (Å²) in [6.07, 6.45) is 0. The molecule has 0 bridgehead atoms. The Bertz CT molecular complexity index is 3000. The monoisotopic (exact) mass is 624 g/mol. The number of nitriles is 2. The van der Waals surface area contributed by atoms with E-state index in [0.29, 0.717) is 11.1 Å². The molecule has 0 atom stereocenters. The van der Waals surface area contributed by atoms with Crippen molar-refractivity contribution in [3.63, 3.8) is 0 Å². The highest BCUT2D eigenvalue weighted by Gasteiger charge is 2.20. The van der Waals surface area contributed by atoms with E-state index >= 15 is 0 Å². The normalized spacial score (nSPS) is 11.6. The van der Waals surface area contributed by atoms with Crippen molar-refractivity contribution in [3.8, 4) is 34.6 Å². The van der Waals surface area contributed by atoms with Crippen LogP contribution in [0.15, 0.2) is 150 Å². The molecule has 0 saturated heterocycles. The maximum absolute atomic E-state index is 9.87. The van der Waals surface area contributed by atoms with Gasteiger partial charge in [-0.05, 0) is 83.9 Å². The summed E-state index contributed by atoms with van der Waals surface area (Å²) in [5.41, 5.74) is 10.5. The number of hydrogen-bond acceptors (Lipinski definition) is 3. The highest BCUT2D eigenvalue weighted by molar-refractivity contribution is 6.24. The van der Waals surface area contributed by atoms with E-state index in [4.69, 9.17) is 4.42 Å². The molecular formula is C44H24N4O. The van der Waals surface area contributed by atoms with Gasteiger partial charge in [-0.2, -0.15) is 10.5 Å². The van der Waals surface area contributed by atoms with Gasteiger partial charge in [0.1, 0.15) is 11.2 Å². The number of furan rings is 1. The third-order valence-corrected chi connectivity index (χ3v) is 9.70. The Hall–Kier alpha value is -7.08. The zero-order valence-corrected chi connectivity index (χ0v) is 26.1. The molecule has 0 unspecified atom stereocenters. The zero-order chi connectivity index (χ0) is 32.6. The maximum atomic E-state index is 9.87. The van der Waals surface area contributed by atoms with E-state index in [-0.39, 0.29) is 0 Å². The van der Waals surface area contributed by atoms with Crippen molar-refractivity contribution < 1.29 is 4.42 Å². The first-order valence-corrected chi connectivity index (χ1v) is 16.1. The van der Waals surface area contributed by atoms with E-state index in [0.717, 1.165) is 77.3 Å². The van der Waals surface area contributed by atoms with E-state index < -0.39 is 0 Å². The second-order valence-electron chi connectivity index (χ2n) is 12.4. The van der Waals surface area contributed by atoms with Gasteiger partial charge in [0.2, 0.25) is 0 Å². The number of rotatable bonds is 3. The van der Waals surface area contributed by atoms with Crippen LogP contribution in [-0.4, -0.2) is 9.13 Å². The van der Waals surface area contributed by atoms with E-state index in [9.17, 15) is 10.5 Å². The molecule has 5 nitrogen and oxygen atoms in total. The van der Waals surface area contributed by atoms with Crippen LogP contribution in [0.4, 0.5) is 0 Å². The molecule has 49 heavy (non-hydrogen) atoms. The van der Waals surface area contributed by atoms with Gasteiger partial charge in [-0.1, -0.05) is 72.8 Å². The van der Waals surface area contributed by atoms with Crippen molar-refractivity contribution in [2.45, 2.75) is 0 Å². The van der Waals surface area contributed by atoms with Crippen molar-refractivity contribution in [1.82, 2.24) is 9.13 Å². The zero-order valence-electron chi connectivity index (χ0n) is 26.1. The van der Waals surface area contributed by atoms with Gasteiger partial charge in [-0.3, -0.25) is 0 Å². The minimum absolute atomic E-state index is 0.446. The van der Waals surface area contributed by atoms with Gasteiger partial charge in [-0.25, -0.2) is 0 Å². The molecule has 0 spiro atoms. The fourth-order valence-corrected chi connectivity index (χ4v) is 7.66. The largest absolute Gasteiger partial charge is 0.455 e. The van der Waals surface area contributed by atoms with Crippen molar-refractivity contribution in [2.24, 2.45) is 0 Å². The summed E-state index contributed by atoms with van der Waals surface area (Å²) in [5.74, 6) is 0. The number of benzene rings is 7. The van der Waals surface area contributed by atoms with Gasteiger partial charge in [-0.15, -0.1) is 0 Å². The molecule has 0 aliphatic heterocycles. The van der Waals surface area contributed by atoms with E-state index in [1.54, 1.807) is 6.07 Å². The predicted octanol–water partition coefficient (Wildman–Crippen LogP) is 11.2. The second kappa shape index (κ2) is 10.2. The molecule has 0 N–H and O–H groups in total. The van der Waals surface area contributed by atoms with Gasteiger partial charge < -0.3 is 13.6 Å². The molecule has 0 aliphatic rings. The first-order valence-electron chi connectivity index (χ1n) is 16.1. The summed E-state index contributed by atoms with van der Waals surface area (Å²) in [6, 6.07) is 54.3. The Morgan fingerprint density at radius 3 is 1.57 bits per heavy atom. The van der Waals surface area contributed by atoms with Gasteiger partial charge in [0.05, 0.1) is 50.7 Å². The lowest BCUT2D eigenvalue weighted by molar-refractivity contribution is 0.673. The van der Waals surface area contributed by atoms with Crippen LogP contribution in [0.2, 0.25) is 0 Å². The van der Waals surface area contributed by atoms with Crippen LogP contribution in [0.1, 0.15) is 11.1 Å². The van der Waals surface area contributed by atoms with Crippen LogP contribution in [0, 0.1) is 22.7 Å². The van der Waals surface area contributed by atoms with Crippen molar-refractivity contribution in [1.29, 1.82) is 10.5 Å². The Morgan fingerprint density at radius 1 is 0.429 bits per heavy atom. The van der Waals surface area contributed by atoms with E-state index in [1.165, 1.54) is 10.8 Å².